The Kier molecular flexibility index (Phi) is 10.1. The van der Waals surface area contributed by atoms with Crippen LogP contribution in [0.1, 0.15) is 49.5 Å². The number of halogens is 1. The number of nitrogens with one attached hydrogen (secondary N) is 3. The zero-order valence-corrected chi connectivity index (χ0v) is 32.0. The van der Waals surface area contributed by atoms with E-state index in [-0.39, 0.29) is 59.1 Å². The molecule has 0 unspecified atom stereocenters. The quantitative estimate of drug-likeness (QED) is 0.173. The second-order valence-electron chi connectivity index (χ2n) is 14.6. The molecule has 58 heavy (non-hydrogen) atoms. The molecule has 0 aliphatic carbocycles. The Balaban J connectivity index is 0.936. The van der Waals surface area contributed by atoms with Crippen molar-refractivity contribution in [2.24, 2.45) is 5.73 Å². The molecule has 16 heteroatoms. The van der Waals surface area contributed by atoms with Gasteiger partial charge in [-0.25, -0.2) is 18.9 Å². The second kappa shape index (κ2) is 15.4. The fraction of sp³-hybridized carbons (Fsp3) is 0.262. The van der Waals surface area contributed by atoms with Gasteiger partial charge in [-0.3, -0.25) is 29.4 Å². The van der Waals surface area contributed by atoms with E-state index in [1.807, 2.05) is 35.2 Å². The number of urea groups is 1. The molecule has 5 heterocycles. The van der Waals surface area contributed by atoms with E-state index in [1.54, 1.807) is 35.9 Å². The highest BCUT2D eigenvalue weighted by Crippen LogP contribution is 2.37. The van der Waals surface area contributed by atoms with Crippen LogP contribution in [0.25, 0.3) is 11.3 Å². The Hall–Kier alpha value is -7.10. The van der Waals surface area contributed by atoms with E-state index in [2.05, 4.69) is 37.0 Å². The van der Waals surface area contributed by atoms with Gasteiger partial charge in [-0.2, -0.15) is 5.10 Å². The monoisotopic (exact) mass is 784 g/mol. The summed E-state index contributed by atoms with van der Waals surface area (Å²) in [6.45, 7) is 6.31. The molecule has 0 saturated carbocycles. The molecule has 0 spiro atoms. The van der Waals surface area contributed by atoms with Gasteiger partial charge in [0.15, 0.2) is 0 Å². The van der Waals surface area contributed by atoms with Gasteiger partial charge in [0.1, 0.15) is 28.7 Å². The van der Waals surface area contributed by atoms with Gasteiger partial charge in [-0.15, -0.1) is 0 Å². The molecule has 8 rings (SSSR count). The van der Waals surface area contributed by atoms with Crippen molar-refractivity contribution in [1.29, 1.82) is 0 Å². The van der Waals surface area contributed by atoms with Gasteiger partial charge >= 0.3 is 6.03 Å². The number of anilines is 5. The van der Waals surface area contributed by atoms with Crippen molar-refractivity contribution in [2.45, 2.75) is 39.7 Å². The van der Waals surface area contributed by atoms with E-state index in [4.69, 9.17) is 5.73 Å². The van der Waals surface area contributed by atoms with Gasteiger partial charge < -0.3 is 26.2 Å². The van der Waals surface area contributed by atoms with Crippen LogP contribution in [-0.4, -0.2) is 82.0 Å². The molecule has 3 aromatic carbocycles. The maximum atomic E-state index is 16.1. The van der Waals surface area contributed by atoms with Gasteiger partial charge in [-0.05, 0) is 91.6 Å². The number of pyridine rings is 1. The first kappa shape index (κ1) is 37.8. The molecule has 0 radical (unpaired) electrons. The number of primary amides is 1. The molecule has 0 atom stereocenters. The van der Waals surface area contributed by atoms with Crippen molar-refractivity contribution in [3.8, 4) is 11.3 Å². The summed E-state index contributed by atoms with van der Waals surface area (Å²) in [5, 5.41) is 13.0. The number of nitrogens with zero attached hydrogens (tertiary/aromatic N) is 6. The minimum Gasteiger partial charge on any atom is -0.368 e. The molecular weight excluding hydrogens is 744 g/mol. The van der Waals surface area contributed by atoms with Crippen molar-refractivity contribution in [3.05, 3.63) is 112 Å². The fourth-order valence-corrected chi connectivity index (χ4v) is 7.69. The molecule has 2 fully saturated rings. The van der Waals surface area contributed by atoms with Crippen LogP contribution in [-0.2, 0) is 29.0 Å². The first-order valence-corrected chi connectivity index (χ1v) is 19.0. The van der Waals surface area contributed by atoms with Gasteiger partial charge in [0.2, 0.25) is 11.8 Å². The number of imide groups is 1. The van der Waals surface area contributed by atoms with Gasteiger partial charge in [0.25, 0.3) is 11.8 Å². The van der Waals surface area contributed by atoms with Gasteiger partial charge in [0.05, 0.1) is 6.42 Å². The topological polar surface area (TPSA) is 188 Å². The summed E-state index contributed by atoms with van der Waals surface area (Å²) in [5.41, 5.74) is 11.2. The highest BCUT2D eigenvalue weighted by molar-refractivity contribution is 6.07. The van der Waals surface area contributed by atoms with Crippen molar-refractivity contribution < 1.29 is 28.4 Å². The average molecular weight is 785 g/mol. The molecule has 15 nitrogen and oxygen atoms in total. The highest BCUT2D eigenvalue weighted by atomic mass is 19.1. The first-order valence-electron chi connectivity index (χ1n) is 19.0. The van der Waals surface area contributed by atoms with E-state index in [9.17, 15) is 24.0 Å². The summed E-state index contributed by atoms with van der Waals surface area (Å²) in [5.74, 6) is -1.59. The minimum absolute atomic E-state index is 0.00704. The minimum atomic E-state index is -0.777. The Morgan fingerprint density at radius 3 is 2.41 bits per heavy atom. The molecule has 3 aliphatic heterocycles. The van der Waals surface area contributed by atoms with Gasteiger partial charge in [-0.1, -0.05) is 18.2 Å². The zero-order chi connectivity index (χ0) is 40.7. The molecule has 6 amide bonds. The summed E-state index contributed by atoms with van der Waals surface area (Å²) in [6.07, 6.45) is 0.972. The largest absolute Gasteiger partial charge is 0.368 e. The Morgan fingerprint density at radius 1 is 0.862 bits per heavy atom. The van der Waals surface area contributed by atoms with Crippen molar-refractivity contribution in [2.75, 3.05) is 53.2 Å². The maximum Gasteiger partial charge on any atom is 0.328 e. The third-order valence-corrected chi connectivity index (χ3v) is 10.8. The average Bonchev–Trinajstić information content (AvgIpc) is 3.46. The molecule has 0 bridgehead atoms. The van der Waals surface area contributed by atoms with Crippen LogP contribution >= 0.6 is 0 Å². The predicted molar refractivity (Wildman–Crippen MR) is 216 cm³/mol. The number of hydrogen-bond donors (Lipinski definition) is 4. The smallest absolute Gasteiger partial charge is 0.328 e. The predicted octanol–water partition coefficient (Wildman–Crippen LogP) is 4.69. The Morgan fingerprint density at radius 2 is 1.66 bits per heavy atom. The maximum absolute atomic E-state index is 16.1. The second-order valence-corrected chi connectivity index (χ2v) is 14.6. The van der Waals surface area contributed by atoms with E-state index < -0.39 is 23.7 Å². The molecule has 296 valence electrons. The van der Waals surface area contributed by atoms with Crippen LogP contribution in [0.3, 0.4) is 0 Å². The van der Waals surface area contributed by atoms with Gasteiger partial charge in [0, 0.05) is 79.6 Å². The number of aromatic nitrogens is 3. The normalized spacial score (nSPS) is 15.2. The van der Waals surface area contributed by atoms with Crippen molar-refractivity contribution >= 4 is 58.4 Å². The summed E-state index contributed by atoms with van der Waals surface area (Å²) >= 11 is 0. The number of aryl methyl sites for hydroxylation is 3. The lowest BCUT2D eigenvalue weighted by Gasteiger charge is -2.36. The number of carbonyl (C=O) groups is 5. The Labute approximate surface area is 333 Å². The van der Waals surface area contributed by atoms with E-state index >= 15 is 4.39 Å². The lowest BCUT2D eigenvalue weighted by molar-refractivity contribution is -0.130. The Bertz CT molecular complexity index is 2510. The van der Waals surface area contributed by atoms with Crippen LogP contribution in [0.2, 0.25) is 0 Å². The number of piperazine rings is 1. The van der Waals surface area contributed by atoms with Crippen LogP contribution in [0.4, 0.5) is 37.9 Å². The molecular formula is C42H41FN10O5. The lowest BCUT2D eigenvalue weighted by atomic mass is 9.99. The number of benzene rings is 3. The third kappa shape index (κ3) is 7.43. The highest BCUT2D eigenvalue weighted by Gasteiger charge is 2.30. The fourth-order valence-electron chi connectivity index (χ4n) is 7.69. The first-order chi connectivity index (χ1) is 27.9. The molecule has 2 saturated heterocycles. The van der Waals surface area contributed by atoms with E-state index in [0.717, 1.165) is 28.2 Å². The summed E-state index contributed by atoms with van der Waals surface area (Å²) in [4.78, 5) is 73.1. The number of amides is 6. The van der Waals surface area contributed by atoms with E-state index in [1.165, 1.54) is 24.0 Å². The molecule has 5 N–H and O–H groups in total. The van der Waals surface area contributed by atoms with Crippen LogP contribution in [0.15, 0.2) is 72.8 Å². The SMILES string of the molecule is Cc1cccc(NC(=O)c2ccc(-c3nn4c(c3C(N)=O)Nc3ccc(N5CCN(C(=O)Cc6cccc(N7CCC(=O)NC7=O)c6)CC5)cc3CC4)c(F)c2C)n1. The summed E-state index contributed by atoms with van der Waals surface area (Å²) < 4.78 is 17.7. The summed E-state index contributed by atoms with van der Waals surface area (Å²) in [7, 11) is 0. The third-order valence-electron chi connectivity index (χ3n) is 10.8. The van der Waals surface area contributed by atoms with Crippen molar-refractivity contribution in [1.82, 2.24) is 25.0 Å². The molecule has 2 aromatic heterocycles. The lowest BCUT2D eigenvalue weighted by Crippen LogP contribution is -2.49. The number of fused-ring (bicyclic) bond motifs is 2. The molecule has 5 aromatic rings. The number of hydrogen-bond acceptors (Lipinski definition) is 9. The number of nitrogens with two attached hydrogens (primary N) is 1. The number of rotatable bonds is 8. The standard InChI is InChI=1S/C42H41FN10O5/c1-24-5-3-8-33(45-24)47-41(57)30-10-11-31(37(43)25(30)2)38-36(39(44)56)40-46-32-12-9-28(23-27(32)13-16-53(40)49-38)50-17-19-51(20-18-50)35(55)22-26-6-4-7-29(21-26)52-15-14-34(54)48-42(52)58/h3-12,21,23,46H,13-20,22H2,1-2H3,(H2,44,56)(H,45,47,57)(H,48,54,58). The van der Waals surface area contributed by atoms with Crippen molar-refractivity contribution in [3.63, 3.8) is 0 Å². The number of carbonyl (C=O) groups excluding carboxylic acids is 5. The van der Waals surface area contributed by atoms with Crippen LogP contribution < -0.4 is 31.5 Å². The van der Waals surface area contributed by atoms with Crippen LogP contribution in [0, 0.1) is 19.7 Å². The summed E-state index contributed by atoms with van der Waals surface area (Å²) in [6, 6.07) is 21.0. The molecule has 3 aliphatic rings. The zero-order valence-electron chi connectivity index (χ0n) is 32.0. The van der Waals surface area contributed by atoms with E-state index in [0.29, 0.717) is 56.5 Å². The van der Waals surface area contributed by atoms with Crippen LogP contribution in [0.5, 0.6) is 0 Å².